The Hall–Kier alpha value is -3.08. The van der Waals surface area contributed by atoms with E-state index >= 15 is 0 Å². The van der Waals surface area contributed by atoms with Crippen LogP contribution in [0.3, 0.4) is 0 Å². The van der Waals surface area contributed by atoms with E-state index < -0.39 is 0 Å². The Kier molecular flexibility index (Phi) is 9.88. The highest BCUT2D eigenvalue weighted by molar-refractivity contribution is 9.10. The van der Waals surface area contributed by atoms with E-state index in [1.165, 1.54) is 16.7 Å². The summed E-state index contributed by atoms with van der Waals surface area (Å²) in [6, 6.07) is 18.4. The number of amides is 1. The highest BCUT2D eigenvalue weighted by Gasteiger charge is 2.30. The van der Waals surface area contributed by atoms with Gasteiger partial charge in [0.15, 0.2) is 16.7 Å². The molecular formula is C29H26Br2N2O5S. The molecular weight excluding hydrogens is 648 g/mol. The van der Waals surface area contributed by atoms with Gasteiger partial charge in [0.1, 0.15) is 6.61 Å². The van der Waals surface area contributed by atoms with E-state index in [-0.39, 0.29) is 11.9 Å². The van der Waals surface area contributed by atoms with Gasteiger partial charge in [-0.25, -0.2) is 9.79 Å². The molecule has 3 aromatic rings. The van der Waals surface area contributed by atoms with Crippen LogP contribution >= 0.6 is 43.6 Å². The molecule has 0 bridgehead atoms. The van der Waals surface area contributed by atoms with Crippen molar-refractivity contribution in [3.05, 3.63) is 91.2 Å². The van der Waals surface area contributed by atoms with Crippen molar-refractivity contribution in [1.29, 1.82) is 0 Å². The molecule has 0 N–H and O–H groups in total. The topological polar surface area (TPSA) is 77.4 Å². The Morgan fingerprint density at radius 2 is 1.67 bits per heavy atom. The molecule has 0 unspecified atom stereocenters. The van der Waals surface area contributed by atoms with Crippen molar-refractivity contribution < 1.29 is 23.8 Å². The van der Waals surface area contributed by atoms with Gasteiger partial charge < -0.3 is 14.2 Å². The van der Waals surface area contributed by atoms with Gasteiger partial charge in [0, 0.05) is 16.0 Å². The Morgan fingerprint density at radius 3 is 2.33 bits per heavy atom. The molecule has 0 aliphatic carbocycles. The molecule has 39 heavy (non-hydrogen) atoms. The summed E-state index contributed by atoms with van der Waals surface area (Å²) in [5.74, 6) is 0.641. The molecule has 1 saturated heterocycles. The SMILES string of the molecule is CCOC(=O)c1ccc(N=C2S/C(=C\c3cc(OCC)c(OCc4ccc(Br)cc4)cc3Br)C(=O)N2C)cc1. The fraction of sp³-hybridized carbons (Fsp3) is 0.207. The maximum absolute atomic E-state index is 13.0. The fourth-order valence-corrected chi connectivity index (χ4v) is 5.25. The monoisotopic (exact) mass is 672 g/mol. The highest BCUT2D eigenvalue weighted by Crippen LogP contribution is 2.39. The van der Waals surface area contributed by atoms with Crippen molar-refractivity contribution in [3.8, 4) is 11.5 Å². The molecule has 10 heteroatoms. The van der Waals surface area contributed by atoms with Gasteiger partial charge in [-0.3, -0.25) is 9.69 Å². The van der Waals surface area contributed by atoms with Crippen LogP contribution in [-0.2, 0) is 16.1 Å². The van der Waals surface area contributed by atoms with Gasteiger partial charge in [0.05, 0.1) is 29.4 Å². The lowest BCUT2D eigenvalue weighted by Gasteiger charge is -2.14. The third-order valence-corrected chi connectivity index (χ3v) is 7.84. The van der Waals surface area contributed by atoms with E-state index in [1.54, 1.807) is 44.3 Å². The Morgan fingerprint density at radius 1 is 0.974 bits per heavy atom. The summed E-state index contributed by atoms with van der Waals surface area (Å²) in [5.41, 5.74) is 2.88. The number of esters is 1. The molecule has 0 atom stereocenters. The lowest BCUT2D eigenvalue weighted by Crippen LogP contribution is -2.23. The van der Waals surface area contributed by atoms with Crippen molar-refractivity contribution in [2.75, 3.05) is 20.3 Å². The number of nitrogens with zero attached hydrogens (tertiary/aromatic N) is 2. The van der Waals surface area contributed by atoms with Crippen molar-refractivity contribution in [2.24, 2.45) is 4.99 Å². The highest BCUT2D eigenvalue weighted by atomic mass is 79.9. The number of ether oxygens (including phenoxy) is 3. The molecule has 3 aromatic carbocycles. The lowest BCUT2D eigenvalue weighted by atomic mass is 10.1. The molecule has 1 amide bonds. The van der Waals surface area contributed by atoms with Gasteiger partial charge >= 0.3 is 5.97 Å². The number of hydrogen-bond acceptors (Lipinski definition) is 7. The number of carbonyl (C=O) groups excluding carboxylic acids is 2. The van der Waals surface area contributed by atoms with Gasteiger partial charge in [-0.2, -0.15) is 0 Å². The minimum absolute atomic E-state index is 0.165. The van der Waals surface area contributed by atoms with Gasteiger partial charge in [-0.05, 0) is 91.3 Å². The van der Waals surface area contributed by atoms with Crippen LogP contribution in [-0.4, -0.2) is 42.2 Å². The van der Waals surface area contributed by atoms with E-state index in [0.29, 0.717) is 52.6 Å². The van der Waals surface area contributed by atoms with Gasteiger partial charge in [0.2, 0.25) is 0 Å². The Bertz CT molecular complexity index is 1420. The Balaban J connectivity index is 1.54. The van der Waals surface area contributed by atoms with Crippen molar-refractivity contribution >= 4 is 72.4 Å². The standard InChI is InChI=1S/C29H26Br2N2O5S/c1-4-36-24-14-20(23(31)16-25(24)38-17-18-6-10-21(30)11-7-18)15-26-27(34)33(3)29(39-26)32-22-12-8-19(9-13-22)28(35)37-5-2/h6-16H,4-5,17H2,1-3H3/b26-15-,32-29?. The third kappa shape index (κ3) is 7.32. The lowest BCUT2D eigenvalue weighted by molar-refractivity contribution is -0.121. The zero-order valence-corrected chi connectivity index (χ0v) is 25.6. The number of aliphatic imine (C=N–C) groups is 1. The van der Waals surface area contributed by atoms with Gasteiger partial charge in [0.25, 0.3) is 5.91 Å². The summed E-state index contributed by atoms with van der Waals surface area (Å²) < 4.78 is 18.7. The summed E-state index contributed by atoms with van der Waals surface area (Å²) >= 11 is 8.34. The number of thioether (sulfide) groups is 1. The largest absolute Gasteiger partial charge is 0.490 e. The number of amidine groups is 1. The number of likely N-dealkylation sites (N-methyl/N-ethyl adjacent to an activating group) is 1. The first-order chi connectivity index (χ1) is 18.8. The maximum Gasteiger partial charge on any atom is 0.338 e. The van der Waals surface area contributed by atoms with Crippen LogP contribution in [0.25, 0.3) is 6.08 Å². The first kappa shape index (κ1) is 28.9. The van der Waals surface area contributed by atoms with Gasteiger partial charge in [-0.15, -0.1) is 0 Å². The number of hydrogen-bond donors (Lipinski definition) is 0. The molecule has 0 spiro atoms. The van der Waals surface area contributed by atoms with Crippen LogP contribution in [0.2, 0.25) is 0 Å². The predicted octanol–water partition coefficient (Wildman–Crippen LogP) is 7.60. The van der Waals surface area contributed by atoms with Crippen molar-refractivity contribution in [3.63, 3.8) is 0 Å². The molecule has 1 aliphatic rings. The molecule has 7 nitrogen and oxygen atoms in total. The zero-order valence-electron chi connectivity index (χ0n) is 21.6. The molecule has 1 fully saturated rings. The number of halogens is 2. The van der Waals surface area contributed by atoms with Crippen LogP contribution in [0.4, 0.5) is 5.69 Å². The van der Waals surface area contributed by atoms with E-state index in [1.807, 2.05) is 43.3 Å². The quantitative estimate of drug-likeness (QED) is 0.172. The normalized spacial score (nSPS) is 15.2. The summed E-state index contributed by atoms with van der Waals surface area (Å²) in [5, 5.41) is 0.533. The van der Waals surface area contributed by atoms with E-state index in [4.69, 9.17) is 14.2 Å². The van der Waals surface area contributed by atoms with Crippen LogP contribution in [0.1, 0.15) is 35.3 Å². The number of rotatable bonds is 9. The summed E-state index contributed by atoms with van der Waals surface area (Å²) in [4.78, 5) is 31.5. The van der Waals surface area contributed by atoms with E-state index in [2.05, 4.69) is 36.9 Å². The average molecular weight is 674 g/mol. The van der Waals surface area contributed by atoms with Crippen LogP contribution < -0.4 is 9.47 Å². The molecule has 202 valence electrons. The maximum atomic E-state index is 13.0. The second-order valence-electron chi connectivity index (χ2n) is 8.31. The zero-order chi connectivity index (χ0) is 27.9. The first-order valence-corrected chi connectivity index (χ1v) is 14.6. The molecule has 0 radical (unpaired) electrons. The minimum atomic E-state index is -0.383. The predicted molar refractivity (Wildman–Crippen MR) is 162 cm³/mol. The molecule has 0 saturated carbocycles. The second kappa shape index (κ2) is 13.3. The smallest absolute Gasteiger partial charge is 0.338 e. The molecule has 0 aromatic heterocycles. The Labute approximate surface area is 248 Å². The summed E-state index contributed by atoms with van der Waals surface area (Å²) in [6.07, 6.45) is 1.81. The molecule has 1 heterocycles. The number of carbonyl (C=O) groups is 2. The van der Waals surface area contributed by atoms with E-state index in [9.17, 15) is 9.59 Å². The van der Waals surface area contributed by atoms with Crippen molar-refractivity contribution in [1.82, 2.24) is 4.90 Å². The van der Waals surface area contributed by atoms with Crippen LogP contribution in [0.5, 0.6) is 11.5 Å². The fourth-order valence-electron chi connectivity index (χ4n) is 3.57. The van der Waals surface area contributed by atoms with Crippen molar-refractivity contribution in [2.45, 2.75) is 20.5 Å². The first-order valence-electron chi connectivity index (χ1n) is 12.2. The summed E-state index contributed by atoms with van der Waals surface area (Å²) in [6.45, 7) is 4.84. The molecule has 4 rings (SSSR count). The van der Waals surface area contributed by atoms with Crippen LogP contribution in [0.15, 0.2) is 79.5 Å². The van der Waals surface area contributed by atoms with E-state index in [0.717, 1.165) is 20.1 Å². The second-order valence-corrected chi connectivity index (χ2v) is 11.1. The third-order valence-electron chi connectivity index (χ3n) is 5.56. The summed E-state index contributed by atoms with van der Waals surface area (Å²) in [7, 11) is 1.68. The number of benzene rings is 3. The average Bonchev–Trinajstić information content (AvgIpc) is 3.18. The molecule has 1 aliphatic heterocycles. The van der Waals surface area contributed by atoms with Crippen LogP contribution in [0, 0.1) is 0 Å². The minimum Gasteiger partial charge on any atom is -0.490 e. The van der Waals surface area contributed by atoms with Gasteiger partial charge in [-0.1, -0.05) is 44.0 Å².